The number of methoxy groups -OCH3 is 3. The molecule has 0 aliphatic heterocycles. The molecule has 3 aromatic rings. The monoisotopic (exact) mass is 343 g/mol. The van der Waals surface area contributed by atoms with Gasteiger partial charge in [-0.1, -0.05) is 6.07 Å². The van der Waals surface area contributed by atoms with Gasteiger partial charge in [0.15, 0.2) is 23.0 Å². The Morgan fingerprint density at radius 2 is 1.76 bits per heavy atom. The SMILES string of the molecule is COc1ccc(CCc2nc(N)c3ncn(C)c3n2)c(OC)c1OC. The van der Waals surface area contributed by atoms with E-state index in [9.17, 15) is 0 Å². The van der Waals surface area contributed by atoms with Crippen LogP contribution in [0.2, 0.25) is 0 Å². The Balaban J connectivity index is 1.90. The Kier molecular flexibility index (Phi) is 4.60. The molecule has 0 bridgehead atoms. The molecule has 0 aliphatic carbocycles. The van der Waals surface area contributed by atoms with E-state index in [1.165, 1.54) is 0 Å². The highest BCUT2D eigenvalue weighted by atomic mass is 16.5. The summed E-state index contributed by atoms with van der Waals surface area (Å²) >= 11 is 0. The third-order valence-electron chi connectivity index (χ3n) is 4.04. The van der Waals surface area contributed by atoms with Crippen molar-refractivity contribution in [1.82, 2.24) is 19.5 Å². The fourth-order valence-corrected chi connectivity index (χ4v) is 2.79. The van der Waals surface area contributed by atoms with Gasteiger partial charge >= 0.3 is 0 Å². The van der Waals surface area contributed by atoms with Crippen LogP contribution in [0, 0.1) is 0 Å². The van der Waals surface area contributed by atoms with E-state index >= 15 is 0 Å². The number of rotatable bonds is 6. The summed E-state index contributed by atoms with van der Waals surface area (Å²) < 4.78 is 18.1. The van der Waals surface area contributed by atoms with Crippen LogP contribution < -0.4 is 19.9 Å². The van der Waals surface area contributed by atoms with Crippen LogP contribution in [-0.4, -0.2) is 40.8 Å². The fourth-order valence-electron chi connectivity index (χ4n) is 2.79. The minimum Gasteiger partial charge on any atom is -0.493 e. The van der Waals surface area contributed by atoms with Crippen molar-refractivity contribution >= 4 is 17.0 Å². The molecule has 0 aliphatic rings. The molecule has 2 heterocycles. The van der Waals surface area contributed by atoms with E-state index in [1.54, 1.807) is 27.7 Å². The van der Waals surface area contributed by atoms with Crippen molar-refractivity contribution in [3.8, 4) is 17.2 Å². The summed E-state index contributed by atoms with van der Waals surface area (Å²) in [6.07, 6.45) is 2.96. The van der Waals surface area contributed by atoms with Crippen LogP contribution >= 0.6 is 0 Å². The second-order valence-electron chi connectivity index (χ2n) is 5.55. The molecule has 2 N–H and O–H groups in total. The molecule has 8 nitrogen and oxygen atoms in total. The molecule has 8 heteroatoms. The third kappa shape index (κ3) is 3.02. The van der Waals surface area contributed by atoms with Crippen molar-refractivity contribution in [1.29, 1.82) is 0 Å². The van der Waals surface area contributed by atoms with Crippen molar-refractivity contribution in [3.05, 3.63) is 29.8 Å². The summed E-state index contributed by atoms with van der Waals surface area (Å²) in [6.45, 7) is 0. The molecule has 132 valence electrons. The summed E-state index contributed by atoms with van der Waals surface area (Å²) in [7, 11) is 6.67. The van der Waals surface area contributed by atoms with Gasteiger partial charge in [-0.2, -0.15) is 0 Å². The average molecular weight is 343 g/mol. The number of nitrogen functional groups attached to an aromatic ring is 1. The van der Waals surface area contributed by atoms with Crippen LogP contribution in [0.25, 0.3) is 11.2 Å². The van der Waals surface area contributed by atoms with Crippen molar-refractivity contribution < 1.29 is 14.2 Å². The van der Waals surface area contributed by atoms with Gasteiger partial charge in [0.05, 0.1) is 27.7 Å². The van der Waals surface area contributed by atoms with Crippen LogP contribution in [0.4, 0.5) is 5.82 Å². The van der Waals surface area contributed by atoms with E-state index in [0.29, 0.717) is 47.2 Å². The highest BCUT2D eigenvalue weighted by Crippen LogP contribution is 2.40. The van der Waals surface area contributed by atoms with Gasteiger partial charge in [0, 0.05) is 13.5 Å². The molecule has 0 amide bonds. The van der Waals surface area contributed by atoms with Gasteiger partial charge in [0.25, 0.3) is 0 Å². The van der Waals surface area contributed by atoms with E-state index in [-0.39, 0.29) is 0 Å². The molecule has 3 rings (SSSR count). The largest absolute Gasteiger partial charge is 0.493 e. The fraction of sp³-hybridized carbons (Fsp3) is 0.353. The highest BCUT2D eigenvalue weighted by Gasteiger charge is 2.16. The lowest BCUT2D eigenvalue weighted by Gasteiger charge is -2.15. The predicted molar refractivity (Wildman–Crippen MR) is 94.2 cm³/mol. The smallest absolute Gasteiger partial charge is 0.203 e. The van der Waals surface area contributed by atoms with E-state index in [0.717, 1.165) is 11.2 Å². The lowest BCUT2D eigenvalue weighted by molar-refractivity contribution is 0.322. The number of aromatic nitrogens is 4. The number of nitrogens with two attached hydrogens (primary N) is 1. The number of hydrogen-bond donors (Lipinski definition) is 1. The molecule has 0 spiro atoms. The zero-order valence-electron chi connectivity index (χ0n) is 14.7. The summed E-state index contributed by atoms with van der Waals surface area (Å²) in [5, 5.41) is 0. The number of ether oxygens (including phenoxy) is 3. The summed E-state index contributed by atoms with van der Waals surface area (Å²) in [5.74, 6) is 2.90. The molecule has 2 aromatic heterocycles. The number of nitrogens with zero attached hydrogens (tertiary/aromatic N) is 4. The minimum atomic E-state index is 0.389. The number of hydrogen-bond acceptors (Lipinski definition) is 7. The first-order valence-electron chi connectivity index (χ1n) is 7.80. The topological polar surface area (TPSA) is 97.3 Å². The molecule has 0 atom stereocenters. The summed E-state index contributed by atoms with van der Waals surface area (Å²) in [6, 6.07) is 3.81. The molecule has 1 aromatic carbocycles. The van der Waals surface area contributed by atoms with Crippen LogP contribution in [0.1, 0.15) is 11.4 Å². The predicted octanol–water partition coefficient (Wildman–Crippen LogP) is 1.76. The van der Waals surface area contributed by atoms with Crippen molar-refractivity contribution in [2.24, 2.45) is 7.05 Å². The number of imidazole rings is 1. The molecule has 0 unspecified atom stereocenters. The van der Waals surface area contributed by atoms with Crippen LogP contribution in [-0.2, 0) is 19.9 Å². The number of fused-ring (bicyclic) bond motifs is 1. The van der Waals surface area contributed by atoms with Crippen LogP contribution in [0.15, 0.2) is 18.5 Å². The lowest BCUT2D eigenvalue weighted by atomic mass is 10.1. The van der Waals surface area contributed by atoms with Gasteiger partial charge in [-0.25, -0.2) is 15.0 Å². The maximum atomic E-state index is 5.99. The van der Waals surface area contributed by atoms with Gasteiger partial charge < -0.3 is 24.5 Å². The van der Waals surface area contributed by atoms with Crippen LogP contribution in [0.3, 0.4) is 0 Å². The summed E-state index contributed by atoms with van der Waals surface area (Å²) in [5.41, 5.74) is 8.31. The Morgan fingerprint density at radius 1 is 1.00 bits per heavy atom. The molecular formula is C17H21N5O3. The van der Waals surface area contributed by atoms with E-state index in [1.807, 2.05) is 23.7 Å². The number of anilines is 1. The van der Waals surface area contributed by atoms with E-state index < -0.39 is 0 Å². The number of benzene rings is 1. The average Bonchev–Trinajstić information content (AvgIpc) is 3.00. The van der Waals surface area contributed by atoms with Crippen molar-refractivity contribution in [2.75, 3.05) is 27.1 Å². The second kappa shape index (κ2) is 6.84. The Labute approximate surface area is 145 Å². The van der Waals surface area contributed by atoms with Crippen molar-refractivity contribution in [3.63, 3.8) is 0 Å². The first-order valence-corrected chi connectivity index (χ1v) is 7.80. The maximum absolute atomic E-state index is 5.99. The molecule has 0 radical (unpaired) electrons. The van der Waals surface area contributed by atoms with Crippen LogP contribution in [0.5, 0.6) is 17.2 Å². The van der Waals surface area contributed by atoms with Crippen molar-refractivity contribution in [2.45, 2.75) is 12.8 Å². The van der Waals surface area contributed by atoms with E-state index in [4.69, 9.17) is 19.9 Å². The summed E-state index contributed by atoms with van der Waals surface area (Å²) in [4.78, 5) is 13.1. The molecule has 0 fully saturated rings. The van der Waals surface area contributed by atoms with Gasteiger partial charge in [-0.3, -0.25) is 0 Å². The first kappa shape index (κ1) is 16.8. The van der Waals surface area contributed by atoms with E-state index in [2.05, 4.69) is 15.0 Å². The number of aryl methyl sites for hydroxylation is 3. The zero-order valence-corrected chi connectivity index (χ0v) is 14.7. The standard InChI is InChI=1S/C17H21N5O3/c1-22-9-19-13-16(18)20-12(21-17(13)22)8-6-10-5-7-11(23-2)15(25-4)14(10)24-3/h5,7,9H,6,8H2,1-4H3,(H2,18,20,21). The quantitative estimate of drug-likeness (QED) is 0.728. The Morgan fingerprint density at radius 3 is 2.44 bits per heavy atom. The van der Waals surface area contributed by atoms with Gasteiger partial charge in [-0.05, 0) is 18.1 Å². The van der Waals surface area contributed by atoms with Gasteiger partial charge in [0.2, 0.25) is 5.75 Å². The lowest BCUT2D eigenvalue weighted by Crippen LogP contribution is -2.05. The van der Waals surface area contributed by atoms with Gasteiger partial charge in [-0.15, -0.1) is 0 Å². The normalized spacial score (nSPS) is 10.9. The second-order valence-corrected chi connectivity index (χ2v) is 5.55. The Hall–Kier alpha value is -3.03. The molecule has 0 saturated carbocycles. The Bertz CT molecular complexity index is 907. The minimum absolute atomic E-state index is 0.389. The highest BCUT2D eigenvalue weighted by molar-refractivity contribution is 5.81. The maximum Gasteiger partial charge on any atom is 0.203 e. The van der Waals surface area contributed by atoms with Gasteiger partial charge in [0.1, 0.15) is 11.3 Å². The third-order valence-corrected chi connectivity index (χ3v) is 4.04. The first-order chi connectivity index (χ1) is 12.1. The zero-order chi connectivity index (χ0) is 18.0. The molecular weight excluding hydrogens is 322 g/mol. The molecule has 0 saturated heterocycles. The molecule has 25 heavy (non-hydrogen) atoms.